The van der Waals surface area contributed by atoms with Crippen molar-refractivity contribution in [2.75, 3.05) is 6.54 Å². The lowest BCUT2D eigenvalue weighted by Gasteiger charge is -2.26. The quantitative estimate of drug-likeness (QED) is 0.558. The van der Waals surface area contributed by atoms with Crippen LogP contribution in [0, 0.1) is 11.7 Å². The molecular formula is C22H23Cl2FN2O2. The summed E-state index contributed by atoms with van der Waals surface area (Å²) >= 11 is 12.1. The lowest BCUT2D eigenvalue weighted by atomic mass is 10.0. The van der Waals surface area contributed by atoms with Crippen molar-refractivity contribution in [1.82, 2.24) is 4.90 Å². The molecule has 1 atom stereocenters. The number of carbonyl (C=O) groups is 1. The maximum atomic E-state index is 13.6. The Balaban J connectivity index is 1.69. The molecule has 1 aliphatic heterocycles. The Morgan fingerprint density at radius 3 is 2.72 bits per heavy atom. The fraction of sp³-hybridized carbons (Fsp3) is 0.364. The first-order valence-corrected chi connectivity index (χ1v) is 10.3. The highest BCUT2D eigenvalue weighted by Gasteiger charge is 2.27. The Hall–Kier alpha value is -2.11. The molecule has 0 unspecified atom stereocenters. The van der Waals surface area contributed by atoms with Crippen LogP contribution in [-0.4, -0.2) is 29.2 Å². The van der Waals surface area contributed by atoms with Crippen LogP contribution in [0.15, 0.2) is 47.6 Å². The number of hydrogen-bond acceptors (Lipinski definition) is 3. The maximum Gasteiger partial charge on any atom is 0.223 e. The maximum absolute atomic E-state index is 13.6. The van der Waals surface area contributed by atoms with Gasteiger partial charge >= 0.3 is 0 Å². The van der Waals surface area contributed by atoms with E-state index in [-0.39, 0.29) is 23.7 Å². The van der Waals surface area contributed by atoms with Crippen LogP contribution in [0.2, 0.25) is 10.0 Å². The molecule has 1 aliphatic rings. The van der Waals surface area contributed by atoms with Crippen LogP contribution in [0.1, 0.15) is 37.8 Å². The van der Waals surface area contributed by atoms with Gasteiger partial charge in [-0.3, -0.25) is 4.79 Å². The van der Waals surface area contributed by atoms with Crippen molar-refractivity contribution in [3.05, 3.63) is 69.5 Å². The van der Waals surface area contributed by atoms with Gasteiger partial charge in [0.25, 0.3) is 0 Å². The molecule has 2 aromatic rings. The number of benzene rings is 2. The van der Waals surface area contributed by atoms with Crippen molar-refractivity contribution < 1.29 is 14.0 Å². The number of hydrogen-bond donors (Lipinski definition) is 0. The lowest BCUT2D eigenvalue weighted by Crippen LogP contribution is -2.37. The third-order valence-electron chi connectivity index (χ3n) is 4.61. The molecule has 0 radical (unpaired) electrons. The molecule has 1 heterocycles. The van der Waals surface area contributed by atoms with E-state index in [0.29, 0.717) is 36.0 Å². The molecule has 0 bridgehead atoms. The number of halogens is 3. The normalized spacial score (nSPS) is 15.9. The Morgan fingerprint density at radius 2 is 2.03 bits per heavy atom. The van der Waals surface area contributed by atoms with E-state index < -0.39 is 0 Å². The minimum Gasteiger partial charge on any atom is -0.390 e. The van der Waals surface area contributed by atoms with Crippen molar-refractivity contribution >= 4 is 34.8 Å². The molecule has 0 N–H and O–H groups in total. The van der Waals surface area contributed by atoms with Gasteiger partial charge in [-0.2, -0.15) is 0 Å². The van der Waals surface area contributed by atoms with Gasteiger partial charge in [0.05, 0.1) is 22.3 Å². The van der Waals surface area contributed by atoms with E-state index in [0.717, 1.165) is 16.8 Å². The van der Waals surface area contributed by atoms with Crippen molar-refractivity contribution in [2.24, 2.45) is 11.1 Å². The van der Waals surface area contributed by atoms with Crippen molar-refractivity contribution in [1.29, 1.82) is 0 Å². The zero-order chi connectivity index (χ0) is 21.0. The third-order valence-corrected chi connectivity index (χ3v) is 5.35. The molecule has 0 aliphatic carbocycles. The second-order valence-electron chi connectivity index (χ2n) is 7.60. The molecule has 0 saturated heterocycles. The number of oxime groups is 1. The first kappa shape index (κ1) is 21.6. The zero-order valence-corrected chi connectivity index (χ0v) is 17.9. The summed E-state index contributed by atoms with van der Waals surface area (Å²) < 4.78 is 13.6. The van der Waals surface area contributed by atoms with E-state index in [4.69, 9.17) is 28.0 Å². The van der Waals surface area contributed by atoms with Crippen LogP contribution in [0.5, 0.6) is 0 Å². The first-order valence-electron chi connectivity index (χ1n) is 9.52. The minimum atomic E-state index is -0.318. The topological polar surface area (TPSA) is 41.9 Å². The molecule has 29 heavy (non-hydrogen) atoms. The van der Waals surface area contributed by atoms with Gasteiger partial charge in [0.2, 0.25) is 5.91 Å². The van der Waals surface area contributed by atoms with Gasteiger partial charge in [-0.1, -0.05) is 60.4 Å². The van der Waals surface area contributed by atoms with Gasteiger partial charge in [-0.05, 0) is 35.7 Å². The Bertz CT molecular complexity index is 917. The van der Waals surface area contributed by atoms with Gasteiger partial charge < -0.3 is 9.74 Å². The predicted molar refractivity (Wildman–Crippen MR) is 114 cm³/mol. The summed E-state index contributed by atoms with van der Waals surface area (Å²) in [4.78, 5) is 20.1. The molecule has 4 nitrogen and oxygen atoms in total. The predicted octanol–water partition coefficient (Wildman–Crippen LogP) is 5.70. The molecule has 1 amide bonds. The van der Waals surface area contributed by atoms with E-state index in [1.165, 1.54) is 12.1 Å². The van der Waals surface area contributed by atoms with Crippen LogP contribution in [0.3, 0.4) is 0 Å². The monoisotopic (exact) mass is 436 g/mol. The largest absolute Gasteiger partial charge is 0.390 e. The van der Waals surface area contributed by atoms with E-state index >= 15 is 0 Å². The molecular weight excluding hydrogens is 414 g/mol. The van der Waals surface area contributed by atoms with Crippen LogP contribution in [0.25, 0.3) is 0 Å². The zero-order valence-electron chi connectivity index (χ0n) is 16.4. The molecule has 0 fully saturated rings. The van der Waals surface area contributed by atoms with E-state index in [9.17, 15) is 9.18 Å². The van der Waals surface area contributed by atoms with Crippen LogP contribution >= 0.6 is 23.2 Å². The summed E-state index contributed by atoms with van der Waals surface area (Å²) in [5.74, 6) is -0.0815. The fourth-order valence-electron chi connectivity index (χ4n) is 3.21. The minimum absolute atomic E-state index is 0.0100. The third kappa shape index (κ3) is 5.94. The Kier molecular flexibility index (Phi) is 7.14. The van der Waals surface area contributed by atoms with Crippen LogP contribution in [-0.2, 0) is 16.2 Å². The average Bonchev–Trinajstić information content (AvgIpc) is 3.11. The number of carbonyl (C=O) groups excluding carboxylic acids is 1. The molecule has 2 aromatic carbocycles. The standard InChI is InChI=1S/C22H23Cl2FN2O2/c1-14(2)8-22(28)27(12-15-4-3-5-17(25)9-15)13-18-11-21(26-29-18)16-6-7-19(23)20(24)10-16/h3-7,9-10,14,18H,8,11-13H2,1-2H3/t18-/m1/s1. The molecule has 0 aromatic heterocycles. The summed E-state index contributed by atoms with van der Waals surface area (Å²) in [6, 6.07) is 11.6. The Labute approximate surface area is 180 Å². The van der Waals surface area contributed by atoms with Crippen molar-refractivity contribution in [2.45, 2.75) is 39.3 Å². The Morgan fingerprint density at radius 1 is 1.24 bits per heavy atom. The summed E-state index contributed by atoms with van der Waals surface area (Å²) in [5.41, 5.74) is 2.34. The second kappa shape index (κ2) is 9.59. The smallest absolute Gasteiger partial charge is 0.223 e. The molecule has 0 spiro atoms. The number of rotatable bonds is 7. The first-order chi connectivity index (χ1) is 13.8. The number of nitrogens with zero attached hydrogens (tertiary/aromatic N) is 2. The SMILES string of the molecule is CC(C)CC(=O)N(Cc1cccc(F)c1)C[C@H]1CC(c2ccc(Cl)c(Cl)c2)=NO1. The highest BCUT2D eigenvalue weighted by Crippen LogP contribution is 2.26. The molecule has 3 rings (SSSR count). The second-order valence-corrected chi connectivity index (χ2v) is 8.41. The summed E-state index contributed by atoms with van der Waals surface area (Å²) in [6.07, 6.45) is 0.693. The van der Waals surface area contributed by atoms with E-state index in [1.807, 2.05) is 26.0 Å². The number of amides is 1. The molecule has 0 saturated carbocycles. The summed E-state index contributed by atoms with van der Waals surface area (Å²) in [5, 5.41) is 5.10. The van der Waals surface area contributed by atoms with Gasteiger partial charge in [0.15, 0.2) is 6.10 Å². The fourth-order valence-corrected chi connectivity index (χ4v) is 3.50. The van der Waals surface area contributed by atoms with Crippen molar-refractivity contribution in [3.63, 3.8) is 0 Å². The van der Waals surface area contributed by atoms with Crippen molar-refractivity contribution in [3.8, 4) is 0 Å². The van der Waals surface area contributed by atoms with Gasteiger partial charge in [0, 0.05) is 24.9 Å². The van der Waals surface area contributed by atoms with Crippen LogP contribution < -0.4 is 0 Å². The van der Waals surface area contributed by atoms with Gasteiger partial charge in [-0.15, -0.1) is 0 Å². The lowest BCUT2D eigenvalue weighted by molar-refractivity contribution is -0.134. The van der Waals surface area contributed by atoms with Crippen LogP contribution in [0.4, 0.5) is 4.39 Å². The molecule has 7 heteroatoms. The highest BCUT2D eigenvalue weighted by atomic mass is 35.5. The van der Waals surface area contributed by atoms with E-state index in [1.54, 1.807) is 23.1 Å². The summed E-state index contributed by atoms with van der Waals surface area (Å²) in [7, 11) is 0. The summed E-state index contributed by atoms with van der Waals surface area (Å²) in [6.45, 7) is 4.69. The van der Waals surface area contributed by atoms with Gasteiger partial charge in [0.1, 0.15) is 5.82 Å². The average molecular weight is 437 g/mol. The van der Waals surface area contributed by atoms with E-state index in [2.05, 4.69) is 5.16 Å². The molecule has 154 valence electrons. The van der Waals surface area contributed by atoms with Gasteiger partial charge in [-0.25, -0.2) is 4.39 Å². The highest BCUT2D eigenvalue weighted by molar-refractivity contribution is 6.42.